The number of aryl methyl sites for hydroxylation is 1. The van der Waals surface area contributed by atoms with E-state index in [2.05, 4.69) is 18.8 Å². The van der Waals surface area contributed by atoms with Crippen molar-refractivity contribution in [2.24, 2.45) is 5.92 Å². The second-order valence-electron chi connectivity index (χ2n) is 5.37. The lowest BCUT2D eigenvalue weighted by atomic mass is 10.0. The number of pyridine rings is 1. The summed E-state index contributed by atoms with van der Waals surface area (Å²) in [5.74, 6) is 0.999. The van der Waals surface area contributed by atoms with Crippen molar-refractivity contribution in [2.75, 3.05) is 12.3 Å². The second-order valence-corrected chi connectivity index (χ2v) is 5.37. The van der Waals surface area contributed by atoms with Crippen molar-refractivity contribution in [3.05, 3.63) is 23.4 Å². The Morgan fingerprint density at radius 2 is 2.22 bits per heavy atom. The lowest BCUT2D eigenvalue weighted by Gasteiger charge is -2.27. The minimum atomic E-state index is 0.0865. The predicted octanol–water partition coefficient (Wildman–Crippen LogP) is 2.23. The molecule has 0 saturated carbocycles. The summed E-state index contributed by atoms with van der Waals surface area (Å²) in [5, 5.41) is 0. The number of hydrogen-bond donors (Lipinski definition) is 1. The largest absolute Gasteiger partial charge is 0.384 e. The second kappa shape index (κ2) is 4.96. The predicted molar refractivity (Wildman–Crippen MR) is 72.3 cm³/mol. The summed E-state index contributed by atoms with van der Waals surface area (Å²) < 4.78 is 0. The van der Waals surface area contributed by atoms with Crippen LogP contribution in [-0.2, 0) is 0 Å². The van der Waals surface area contributed by atoms with Gasteiger partial charge in [0.1, 0.15) is 5.82 Å². The Kier molecular flexibility index (Phi) is 3.55. The van der Waals surface area contributed by atoms with Gasteiger partial charge in [0.25, 0.3) is 5.91 Å². The number of carbonyl (C=O) groups is 1. The molecule has 4 heteroatoms. The third kappa shape index (κ3) is 2.47. The number of hydrogen-bond acceptors (Lipinski definition) is 3. The van der Waals surface area contributed by atoms with Crippen LogP contribution in [0.3, 0.4) is 0 Å². The number of aromatic nitrogens is 1. The zero-order chi connectivity index (χ0) is 13.3. The van der Waals surface area contributed by atoms with Gasteiger partial charge in [-0.3, -0.25) is 4.79 Å². The fourth-order valence-electron chi connectivity index (χ4n) is 2.72. The zero-order valence-electron chi connectivity index (χ0n) is 11.3. The molecule has 1 aliphatic rings. The van der Waals surface area contributed by atoms with E-state index < -0.39 is 0 Å². The van der Waals surface area contributed by atoms with Gasteiger partial charge < -0.3 is 10.6 Å². The van der Waals surface area contributed by atoms with E-state index in [4.69, 9.17) is 5.73 Å². The average Bonchev–Trinajstić information content (AvgIpc) is 2.75. The van der Waals surface area contributed by atoms with Crippen LogP contribution in [0.2, 0.25) is 0 Å². The topological polar surface area (TPSA) is 59.2 Å². The van der Waals surface area contributed by atoms with E-state index >= 15 is 0 Å². The standard InChI is InChI=1S/C14H21N3O/c1-9(2)12-5-4-6-17(12)14(18)11-7-10(3)16-13(15)8-11/h7-9,12H,4-6H2,1-3H3,(H2,15,16). The molecule has 1 fully saturated rings. The van der Waals surface area contributed by atoms with E-state index in [1.807, 2.05) is 17.9 Å². The highest BCUT2D eigenvalue weighted by molar-refractivity contribution is 5.95. The Morgan fingerprint density at radius 1 is 1.50 bits per heavy atom. The Morgan fingerprint density at radius 3 is 2.83 bits per heavy atom. The monoisotopic (exact) mass is 247 g/mol. The lowest BCUT2D eigenvalue weighted by Crippen LogP contribution is -2.38. The summed E-state index contributed by atoms with van der Waals surface area (Å²) in [7, 11) is 0. The molecule has 4 nitrogen and oxygen atoms in total. The lowest BCUT2D eigenvalue weighted by molar-refractivity contribution is 0.0701. The summed E-state index contributed by atoms with van der Waals surface area (Å²) in [6.45, 7) is 7.05. The SMILES string of the molecule is Cc1cc(C(=O)N2CCCC2C(C)C)cc(N)n1. The molecule has 0 bridgehead atoms. The van der Waals surface area contributed by atoms with Gasteiger partial charge in [-0.15, -0.1) is 0 Å². The number of anilines is 1. The van der Waals surface area contributed by atoms with E-state index in [1.165, 1.54) is 0 Å². The van der Waals surface area contributed by atoms with Crippen molar-refractivity contribution >= 4 is 11.7 Å². The molecular weight excluding hydrogens is 226 g/mol. The van der Waals surface area contributed by atoms with Crippen molar-refractivity contribution in [3.8, 4) is 0 Å². The fraction of sp³-hybridized carbons (Fsp3) is 0.571. The molecule has 18 heavy (non-hydrogen) atoms. The number of nitrogens with zero attached hydrogens (tertiary/aromatic N) is 2. The number of amides is 1. The van der Waals surface area contributed by atoms with Crippen LogP contribution < -0.4 is 5.73 Å². The number of carbonyl (C=O) groups excluding carboxylic acids is 1. The quantitative estimate of drug-likeness (QED) is 0.871. The summed E-state index contributed by atoms with van der Waals surface area (Å²) in [5.41, 5.74) is 7.16. The highest BCUT2D eigenvalue weighted by Gasteiger charge is 2.31. The van der Waals surface area contributed by atoms with Gasteiger partial charge >= 0.3 is 0 Å². The zero-order valence-corrected chi connectivity index (χ0v) is 11.3. The van der Waals surface area contributed by atoms with Crippen LogP contribution in [0.4, 0.5) is 5.82 Å². The van der Waals surface area contributed by atoms with E-state index in [1.54, 1.807) is 6.07 Å². The maximum Gasteiger partial charge on any atom is 0.254 e. The Labute approximate surface area is 108 Å². The average molecular weight is 247 g/mol. The van der Waals surface area contributed by atoms with Gasteiger partial charge in [0.2, 0.25) is 0 Å². The summed E-state index contributed by atoms with van der Waals surface area (Å²) in [6.07, 6.45) is 2.19. The van der Waals surface area contributed by atoms with Crippen LogP contribution in [0.5, 0.6) is 0 Å². The van der Waals surface area contributed by atoms with E-state index in [0.717, 1.165) is 25.1 Å². The first-order valence-electron chi connectivity index (χ1n) is 6.54. The molecule has 0 radical (unpaired) electrons. The van der Waals surface area contributed by atoms with Gasteiger partial charge in [-0.05, 0) is 37.8 Å². The maximum absolute atomic E-state index is 12.5. The van der Waals surface area contributed by atoms with Crippen molar-refractivity contribution in [3.63, 3.8) is 0 Å². The minimum absolute atomic E-state index is 0.0865. The van der Waals surface area contributed by atoms with Crippen molar-refractivity contribution in [2.45, 2.75) is 39.7 Å². The van der Waals surface area contributed by atoms with Crippen molar-refractivity contribution < 1.29 is 4.79 Å². The number of nitrogen functional groups attached to an aromatic ring is 1. The number of nitrogens with two attached hydrogens (primary N) is 1. The number of likely N-dealkylation sites (tertiary alicyclic amines) is 1. The molecule has 1 aromatic rings. The normalized spacial score (nSPS) is 19.6. The summed E-state index contributed by atoms with van der Waals surface area (Å²) in [6, 6.07) is 3.84. The van der Waals surface area contributed by atoms with Gasteiger partial charge in [-0.25, -0.2) is 4.98 Å². The molecule has 0 aliphatic carbocycles. The molecule has 2 heterocycles. The van der Waals surface area contributed by atoms with Gasteiger partial charge in [0.05, 0.1) is 0 Å². The Hall–Kier alpha value is -1.58. The Bertz CT molecular complexity index is 436. The smallest absolute Gasteiger partial charge is 0.254 e. The first kappa shape index (κ1) is 12.9. The van der Waals surface area contributed by atoms with Gasteiger partial charge in [-0.1, -0.05) is 13.8 Å². The van der Waals surface area contributed by atoms with Crippen LogP contribution in [0.25, 0.3) is 0 Å². The first-order valence-corrected chi connectivity index (χ1v) is 6.54. The molecule has 2 N–H and O–H groups in total. The van der Waals surface area contributed by atoms with Crippen LogP contribution in [0.15, 0.2) is 12.1 Å². The number of rotatable bonds is 2. The molecule has 1 atom stereocenters. The fourth-order valence-corrected chi connectivity index (χ4v) is 2.72. The highest BCUT2D eigenvalue weighted by atomic mass is 16.2. The first-order chi connectivity index (χ1) is 8.49. The van der Waals surface area contributed by atoms with E-state index in [9.17, 15) is 4.79 Å². The van der Waals surface area contributed by atoms with Gasteiger partial charge in [-0.2, -0.15) is 0 Å². The van der Waals surface area contributed by atoms with Crippen molar-refractivity contribution in [1.82, 2.24) is 9.88 Å². The maximum atomic E-state index is 12.5. The van der Waals surface area contributed by atoms with E-state index in [0.29, 0.717) is 23.3 Å². The molecule has 1 amide bonds. The Balaban J connectivity index is 2.25. The molecule has 0 aromatic carbocycles. The molecule has 0 spiro atoms. The van der Waals surface area contributed by atoms with Gasteiger partial charge in [0.15, 0.2) is 0 Å². The minimum Gasteiger partial charge on any atom is -0.384 e. The highest BCUT2D eigenvalue weighted by Crippen LogP contribution is 2.25. The third-order valence-electron chi connectivity index (χ3n) is 3.55. The summed E-state index contributed by atoms with van der Waals surface area (Å²) >= 11 is 0. The molecule has 2 rings (SSSR count). The van der Waals surface area contributed by atoms with Crippen LogP contribution >= 0.6 is 0 Å². The molecule has 1 aliphatic heterocycles. The van der Waals surface area contributed by atoms with Crippen LogP contribution in [-0.4, -0.2) is 28.4 Å². The molecular formula is C14H21N3O. The molecule has 1 unspecified atom stereocenters. The van der Waals surface area contributed by atoms with Crippen LogP contribution in [0, 0.1) is 12.8 Å². The molecule has 1 saturated heterocycles. The molecule has 98 valence electrons. The van der Waals surface area contributed by atoms with Crippen LogP contribution in [0.1, 0.15) is 42.7 Å². The van der Waals surface area contributed by atoms with Crippen molar-refractivity contribution in [1.29, 1.82) is 0 Å². The van der Waals surface area contributed by atoms with E-state index in [-0.39, 0.29) is 5.91 Å². The molecule has 1 aromatic heterocycles. The third-order valence-corrected chi connectivity index (χ3v) is 3.55. The van der Waals surface area contributed by atoms with Gasteiger partial charge in [0, 0.05) is 23.8 Å². The summed E-state index contributed by atoms with van der Waals surface area (Å²) in [4.78, 5) is 18.6.